The van der Waals surface area contributed by atoms with Crippen LogP contribution in [-0.2, 0) is 6.54 Å². The molecule has 2 N–H and O–H groups in total. The number of likely N-dealkylation sites (tertiary alicyclic amines) is 1. The molecule has 1 aliphatic heterocycles. The Morgan fingerprint density at radius 2 is 2.19 bits per heavy atom. The zero-order valence-electron chi connectivity index (χ0n) is 9.13. The van der Waals surface area contributed by atoms with Gasteiger partial charge in [-0.05, 0) is 43.1 Å². The van der Waals surface area contributed by atoms with Crippen LogP contribution in [0.3, 0.4) is 0 Å². The predicted molar refractivity (Wildman–Crippen MR) is 68.9 cm³/mol. The quantitative estimate of drug-likeness (QED) is 0.884. The molecule has 0 saturated carbocycles. The monoisotopic (exact) mass is 258 g/mol. The van der Waals surface area contributed by atoms with Gasteiger partial charge in [0.05, 0.1) is 0 Å². The van der Waals surface area contributed by atoms with Crippen LogP contribution >= 0.6 is 23.2 Å². The fourth-order valence-corrected chi connectivity index (χ4v) is 2.51. The van der Waals surface area contributed by atoms with Crippen molar-refractivity contribution in [2.24, 2.45) is 5.73 Å². The average Bonchev–Trinajstić information content (AvgIpc) is 2.24. The highest BCUT2D eigenvalue weighted by molar-refractivity contribution is 6.33. The number of piperidine rings is 1. The van der Waals surface area contributed by atoms with Crippen molar-refractivity contribution in [1.82, 2.24) is 4.90 Å². The molecule has 0 radical (unpaired) electrons. The summed E-state index contributed by atoms with van der Waals surface area (Å²) in [5.74, 6) is 0. The smallest absolute Gasteiger partial charge is 0.0452 e. The van der Waals surface area contributed by atoms with E-state index in [1.807, 2.05) is 18.2 Å². The molecule has 2 nitrogen and oxygen atoms in total. The Morgan fingerprint density at radius 1 is 1.38 bits per heavy atom. The molecule has 0 amide bonds. The van der Waals surface area contributed by atoms with Crippen LogP contribution in [0.1, 0.15) is 18.4 Å². The van der Waals surface area contributed by atoms with E-state index < -0.39 is 0 Å². The van der Waals surface area contributed by atoms with Gasteiger partial charge in [0.25, 0.3) is 0 Å². The minimum atomic E-state index is 0.298. The van der Waals surface area contributed by atoms with Crippen molar-refractivity contribution in [2.75, 3.05) is 13.1 Å². The van der Waals surface area contributed by atoms with E-state index in [-0.39, 0.29) is 0 Å². The zero-order valence-corrected chi connectivity index (χ0v) is 10.6. The number of nitrogens with two attached hydrogens (primary N) is 1. The van der Waals surface area contributed by atoms with E-state index in [9.17, 15) is 0 Å². The van der Waals surface area contributed by atoms with E-state index in [1.165, 1.54) is 6.42 Å². The van der Waals surface area contributed by atoms with Crippen LogP contribution in [0.2, 0.25) is 10.0 Å². The van der Waals surface area contributed by atoms with Crippen LogP contribution < -0.4 is 5.73 Å². The molecule has 0 spiro atoms. The first kappa shape index (κ1) is 12.2. The molecule has 1 aliphatic rings. The molecule has 2 rings (SSSR count). The first-order valence-corrected chi connectivity index (χ1v) is 6.32. The lowest BCUT2D eigenvalue weighted by atomic mass is 10.1. The maximum atomic E-state index is 6.14. The number of halogens is 2. The summed E-state index contributed by atoms with van der Waals surface area (Å²) in [6.45, 7) is 2.88. The Morgan fingerprint density at radius 3 is 2.94 bits per heavy atom. The molecule has 1 aromatic carbocycles. The van der Waals surface area contributed by atoms with Gasteiger partial charge in [-0.1, -0.05) is 23.2 Å². The van der Waals surface area contributed by atoms with Crippen LogP contribution in [0.25, 0.3) is 0 Å². The van der Waals surface area contributed by atoms with E-state index in [1.54, 1.807) is 0 Å². The van der Waals surface area contributed by atoms with E-state index in [0.29, 0.717) is 6.04 Å². The number of hydrogen-bond donors (Lipinski definition) is 1. The molecule has 1 aromatic rings. The van der Waals surface area contributed by atoms with Gasteiger partial charge in [0.15, 0.2) is 0 Å². The lowest BCUT2D eigenvalue weighted by molar-refractivity contribution is 0.201. The molecule has 88 valence electrons. The molecule has 1 fully saturated rings. The summed E-state index contributed by atoms with van der Waals surface area (Å²) in [6, 6.07) is 5.90. The first-order valence-electron chi connectivity index (χ1n) is 5.57. The standard InChI is InChI=1S/C12H16Cl2N2/c13-10-3-4-12(14)9(6-10)7-16-5-1-2-11(15)8-16/h3-4,6,11H,1-2,5,7-8,15H2. The summed E-state index contributed by atoms with van der Waals surface area (Å²) >= 11 is 12.1. The van der Waals surface area contributed by atoms with Gasteiger partial charge in [-0.2, -0.15) is 0 Å². The summed E-state index contributed by atoms with van der Waals surface area (Å²) in [5.41, 5.74) is 7.03. The molecule has 1 atom stereocenters. The van der Waals surface area contributed by atoms with Gasteiger partial charge in [0, 0.05) is 29.2 Å². The molecule has 1 heterocycles. The average molecular weight is 259 g/mol. The second-order valence-corrected chi connectivity index (χ2v) is 5.22. The highest BCUT2D eigenvalue weighted by Gasteiger charge is 2.17. The Balaban J connectivity index is 2.05. The predicted octanol–water partition coefficient (Wildman–Crippen LogP) is 2.92. The lowest BCUT2D eigenvalue weighted by Crippen LogP contribution is -2.42. The number of benzene rings is 1. The zero-order chi connectivity index (χ0) is 11.5. The van der Waals surface area contributed by atoms with Gasteiger partial charge >= 0.3 is 0 Å². The van der Waals surface area contributed by atoms with Crippen LogP contribution in [0, 0.1) is 0 Å². The fourth-order valence-electron chi connectivity index (χ4n) is 2.14. The maximum absolute atomic E-state index is 6.14. The molecule has 4 heteroatoms. The van der Waals surface area contributed by atoms with Crippen molar-refractivity contribution in [2.45, 2.75) is 25.4 Å². The van der Waals surface area contributed by atoms with Gasteiger partial charge in [0.1, 0.15) is 0 Å². The summed E-state index contributed by atoms with van der Waals surface area (Å²) in [5, 5.41) is 1.52. The van der Waals surface area contributed by atoms with Crippen molar-refractivity contribution < 1.29 is 0 Å². The van der Waals surface area contributed by atoms with E-state index in [0.717, 1.165) is 41.7 Å². The minimum absolute atomic E-state index is 0.298. The maximum Gasteiger partial charge on any atom is 0.0452 e. The largest absolute Gasteiger partial charge is 0.327 e. The summed E-state index contributed by atoms with van der Waals surface area (Å²) in [6.07, 6.45) is 2.29. The third kappa shape index (κ3) is 3.11. The molecule has 0 aromatic heterocycles. The van der Waals surface area contributed by atoms with Crippen molar-refractivity contribution >= 4 is 23.2 Å². The molecule has 1 unspecified atom stereocenters. The summed E-state index contributed by atoms with van der Waals surface area (Å²) in [7, 11) is 0. The van der Waals surface area contributed by atoms with Crippen molar-refractivity contribution in [3.05, 3.63) is 33.8 Å². The highest BCUT2D eigenvalue weighted by atomic mass is 35.5. The van der Waals surface area contributed by atoms with Crippen LogP contribution in [0.5, 0.6) is 0 Å². The third-order valence-corrected chi connectivity index (χ3v) is 3.55. The third-order valence-electron chi connectivity index (χ3n) is 2.94. The molecule has 1 saturated heterocycles. The molecule has 16 heavy (non-hydrogen) atoms. The minimum Gasteiger partial charge on any atom is -0.327 e. The van der Waals surface area contributed by atoms with Crippen LogP contribution in [-0.4, -0.2) is 24.0 Å². The second kappa shape index (κ2) is 5.37. The Labute approximate surface area is 106 Å². The fraction of sp³-hybridized carbons (Fsp3) is 0.500. The van der Waals surface area contributed by atoms with E-state index in [4.69, 9.17) is 28.9 Å². The SMILES string of the molecule is NC1CCCN(Cc2cc(Cl)ccc2Cl)C1. The second-order valence-electron chi connectivity index (χ2n) is 4.37. The Kier molecular flexibility index (Phi) is 4.09. The molecular formula is C12H16Cl2N2. The molecule has 0 aliphatic carbocycles. The van der Waals surface area contributed by atoms with Crippen LogP contribution in [0.15, 0.2) is 18.2 Å². The Hall–Kier alpha value is -0.280. The molecular weight excluding hydrogens is 243 g/mol. The van der Waals surface area contributed by atoms with Crippen molar-refractivity contribution in [1.29, 1.82) is 0 Å². The summed E-state index contributed by atoms with van der Waals surface area (Å²) in [4.78, 5) is 2.34. The number of rotatable bonds is 2. The molecule has 0 bridgehead atoms. The van der Waals surface area contributed by atoms with Gasteiger partial charge in [-0.3, -0.25) is 4.90 Å². The van der Waals surface area contributed by atoms with Crippen molar-refractivity contribution in [3.8, 4) is 0 Å². The summed E-state index contributed by atoms with van der Waals surface area (Å²) < 4.78 is 0. The number of hydrogen-bond acceptors (Lipinski definition) is 2. The van der Waals surface area contributed by atoms with Crippen LogP contribution in [0.4, 0.5) is 0 Å². The number of nitrogens with zero attached hydrogens (tertiary/aromatic N) is 1. The van der Waals surface area contributed by atoms with E-state index in [2.05, 4.69) is 4.90 Å². The lowest BCUT2D eigenvalue weighted by Gasteiger charge is -2.30. The van der Waals surface area contributed by atoms with Gasteiger partial charge < -0.3 is 5.73 Å². The van der Waals surface area contributed by atoms with Gasteiger partial charge in [-0.25, -0.2) is 0 Å². The van der Waals surface area contributed by atoms with Crippen molar-refractivity contribution in [3.63, 3.8) is 0 Å². The highest BCUT2D eigenvalue weighted by Crippen LogP contribution is 2.23. The van der Waals surface area contributed by atoms with Gasteiger partial charge in [0.2, 0.25) is 0 Å². The van der Waals surface area contributed by atoms with E-state index >= 15 is 0 Å². The Bertz CT molecular complexity index is 368. The van der Waals surface area contributed by atoms with Gasteiger partial charge in [-0.15, -0.1) is 0 Å². The normalized spacial score (nSPS) is 22.3. The topological polar surface area (TPSA) is 29.3 Å². The first-order chi connectivity index (χ1) is 7.65.